The SMILES string of the molecule is NC(=O)[C@@H]1C[C@@H](F)CN1CC(=O)N1CCC(Cc2ccccc2)CC1. The molecule has 1 aromatic carbocycles. The smallest absolute Gasteiger partial charge is 0.236 e. The molecule has 0 aromatic heterocycles. The summed E-state index contributed by atoms with van der Waals surface area (Å²) in [6, 6.07) is 9.75. The van der Waals surface area contributed by atoms with Gasteiger partial charge in [-0.25, -0.2) is 4.39 Å². The lowest BCUT2D eigenvalue weighted by atomic mass is 9.90. The molecule has 2 fully saturated rings. The topological polar surface area (TPSA) is 66.6 Å². The Morgan fingerprint density at radius 2 is 1.84 bits per heavy atom. The van der Waals surface area contributed by atoms with E-state index in [1.54, 1.807) is 4.90 Å². The molecule has 2 amide bonds. The van der Waals surface area contributed by atoms with Gasteiger partial charge in [0, 0.05) is 26.1 Å². The highest BCUT2D eigenvalue weighted by atomic mass is 19.1. The fraction of sp³-hybridized carbons (Fsp3) is 0.579. The Bertz CT molecular complexity index is 602. The highest BCUT2D eigenvalue weighted by molar-refractivity contribution is 5.83. The van der Waals surface area contributed by atoms with Crippen LogP contribution in [0.25, 0.3) is 0 Å². The molecule has 5 nitrogen and oxygen atoms in total. The quantitative estimate of drug-likeness (QED) is 0.875. The van der Waals surface area contributed by atoms with Crippen LogP contribution < -0.4 is 5.73 Å². The zero-order chi connectivity index (χ0) is 17.8. The lowest BCUT2D eigenvalue weighted by Crippen LogP contribution is -2.48. The molecule has 136 valence electrons. The average Bonchev–Trinajstić information content (AvgIpc) is 2.97. The number of rotatable bonds is 5. The van der Waals surface area contributed by atoms with Gasteiger partial charge in [-0.3, -0.25) is 14.5 Å². The van der Waals surface area contributed by atoms with Gasteiger partial charge in [-0.1, -0.05) is 30.3 Å². The molecule has 25 heavy (non-hydrogen) atoms. The number of nitrogens with zero attached hydrogens (tertiary/aromatic N) is 2. The van der Waals surface area contributed by atoms with Gasteiger partial charge in [-0.2, -0.15) is 0 Å². The third-order valence-corrected chi connectivity index (χ3v) is 5.35. The van der Waals surface area contributed by atoms with Gasteiger partial charge >= 0.3 is 0 Å². The minimum absolute atomic E-state index is 0.0292. The number of nitrogens with two attached hydrogens (primary N) is 1. The van der Waals surface area contributed by atoms with E-state index < -0.39 is 18.1 Å². The molecule has 6 heteroatoms. The largest absolute Gasteiger partial charge is 0.368 e. The summed E-state index contributed by atoms with van der Waals surface area (Å²) in [6.45, 7) is 1.65. The second kappa shape index (κ2) is 7.95. The Kier molecular flexibility index (Phi) is 5.68. The van der Waals surface area contributed by atoms with Crippen LogP contribution in [-0.2, 0) is 16.0 Å². The summed E-state index contributed by atoms with van der Waals surface area (Å²) in [7, 11) is 0. The van der Waals surface area contributed by atoms with Crippen LogP contribution in [0.2, 0.25) is 0 Å². The summed E-state index contributed by atoms with van der Waals surface area (Å²) in [5.41, 5.74) is 6.66. The molecular formula is C19H26FN3O2. The standard InChI is InChI=1S/C19H26FN3O2/c20-16-11-17(19(21)25)23(12-16)13-18(24)22-8-6-15(7-9-22)10-14-4-2-1-3-5-14/h1-5,15-17H,6-13H2,(H2,21,25)/t16-,17+/m1/s1. The normalized spacial score (nSPS) is 25.2. The van der Waals surface area contributed by atoms with Crippen LogP contribution in [0, 0.1) is 5.92 Å². The van der Waals surface area contributed by atoms with Crippen LogP contribution in [0.5, 0.6) is 0 Å². The van der Waals surface area contributed by atoms with Crippen molar-refractivity contribution in [2.45, 2.75) is 37.9 Å². The molecule has 0 aliphatic carbocycles. The van der Waals surface area contributed by atoms with Crippen LogP contribution in [0.3, 0.4) is 0 Å². The number of hydrogen-bond donors (Lipinski definition) is 1. The van der Waals surface area contributed by atoms with Crippen molar-refractivity contribution in [3.8, 4) is 0 Å². The molecule has 2 atom stereocenters. The van der Waals surface area contributed by atoms with Gasteiger partial charge in [0.2, 0.25) is 11.8 Å². The fourth-order valence-corrected chi connectivity index (χ4v) is 3.93. The maximum absolute atomic E-state index is 13.6. The third-order valence-electron chi connectivity index (χ3n) is 5.35. The van der Waals surface area contributed by atoms with Crippen LogP contribution in [0.4, 0.5) is 4.39 Å². The van der Waals surface area contributed by atoms with E-state index in [-0.39, 0.29) is 25.4 Å². The first-order valence-electron chi connectivity index (χ1n) is 9.02. The molecule has 2 heterocycles. The second-order valence-corrected chi connectivity index (χ2v) is 7.19. The van der Waals surface area contributed by atoms with Gasteiger partial charge in [0.15, 0.2) is 0 Å². The highest BCUT2D eigenvalue weighted by Gasteiger charge is 2.37. The number of amides is 2. The van der Waals surface area contributed by atoms with Crippen molar-refractivity contribution in [1.82, 2.24) is 9.80 Å². The summed E-state index contributed by atoms with van der Waals surface area (Å²) in [5, 5.41) is 0. The van der Waals surface area contributed by atoms with Crippen molar-refractivity contribution in [1.29, 1.82) is 0 Å². The third kappa shape index (κ3) is 4.57. The zero-order valence-corrected chi connectivity index (χ0v) is 14.4. The van der Waals surface area contributed by atoms with Gasteiger partial charge in [0.25, 0.3) is 0 Å². The average molecular weight is 347 g/mol. The van der Waals surface area contributed by atoms with Crippen LogP contribution in [-0.4, -0.2) is 60.0 Å². The monoisotopic (exact) mass is 347 g/mol. The predicted molar refractivity (Wildman–Crippen MR) is 93.5 cm³/mol. The van der Waals surface area contributed by atoms with Gasteiger partial charge in [-0.05, 0) is 30.7 Å². The molecule has 2 saturated heterocycles. The molecule has 0 unspecified atom stereocenters. The first kappa shape index (κ1) is 17.9. The highest BCUT2D eigenvalue weighted by Crippen LogP contribution is 2.23. The molecule has 0 spiro atoms. The number of primary amides is 1. The van der Waals surface area contributed by atoms with E-state index in [4.69, 9.17) is 5.73 Å². The maximum atomic E-state index is 13.6. The lowest BCUT2D eigenvalue weighted by molar-refractivity contribution is -0.134. The lowest BCUT2D eigenvalue weighted by Gasteiger charge is -2.33. The first-order valence-corrected chi connectivity index (χ1v) is 9.02. The van der Waals surface area contributed by atoms with E-state index in [0.717, 1.165) is 32.4 Å². The van der Waals surface area contributed by atoms with E-state index in [1.807, 2.05) is 11.0 Å². The summed E-state index contributed by atoms with van der Waals surface area (Å²) in [4.78, 5) is 27.4. The van der Waals surface area contributed by atoms with Crippen molar-refractivity contribution < 1.29 is 14.0 Å². The van der Waals surface area contributed by atoms with E-state index in [2.05, 4.69) is 24.3 Å². The van der Waals surface area contributed by atoms with Gasteiger partial charge in [-0.15, -0.1) is 0 Å². The Balaban J connectivity index is 1.47. The molecule has 2 aliphatic heterocycles. The van der Waals surface area contributed by atoms with Crippen molar-refractivity contribution in [2.24, 2.45) is 11.7 Å². The summed E-state index contributed by atoms with van der Waals surface area (Å²) < 4.78 is 13.6. The molecular weight excluding hydrogens is 321 g/mol. The Labute approximate surface area is 148 Å². The molecule has 2 N–H and O–H groups in total. The Morgan fingerprint density at radius 1 is 1.16 bits per heavy atom. The Morgan fingerprint density at radius 3 is 2.48 bits per heavy atom. The maximum Gasteiger partial charge on any atom is 0.236 e. The van der Waals surface area contributed by atoms with Gasteiger partial charge in [0.05, 0.1) is 12.6 Å². The van der Waals surface area contributed by atoms with Crippen LogP contribution in [0.15, 0.2) is 30.3 Å². The summed E-state index contributed by atoms with van der Waals surface area (Å²) in [6.07, 6.45) is 2.02. The number of piperidine rings is 1. The summed E-state index contributed by atoms with van der Waals surface area (Å²) >= 11 is 0. The van der Waals surface area contributed by atoms with Crippen LogP contribution in [0.1, 0.15) is 24.8 Å². The first-order chi connectivity index (χ1) is 12.0. The molecule has 0 bridgehead atoms. The van der Waals surface area contributed by atoms with Gasteiger partial charge < -0.3 is 10.6 Å². The zero-order valence-electron chi connectivity index (χ0n) is 14.4. The van der Waals surface area contributed by atoms with Crippen molar-refractivity contribution in [2.75, 3.05) is 26.2 Å². The van der Waals surface area contributed by atoms with Crippen molar-refractivity contribution >= 4 is 11.8 Å². The molecule has 3 rings (SSSR count). The fourth-order valence-electron chi connectivity index (χ4n) is 3.93. The Hall–Kier alpha value is -1.95. The van der Waals surface area contributed by atoms with Gasteiger partial charge in [0.1, 0.15) is 6.17 Å². The van der Waals surface area contributed by atoms with Crippen LogP contribution >= 0.6 is 0 Å². The number of likely N-dealkylation sites (tertiary alicyclic amines) is 2. The molecule has 1 aromatic rings. The minimum atomic E-state index is -1.08. The molecule has 0 saturated carbocycles. The van der Waals surface area contributed by atoms with E-state index in [1.165, 1.54) is 5.56 Å². The number of hydrogen-bond acceptors (Lipinski definition) is 3. The predicted octanol–water partition coefficient (Wildman–Crippen LogP) is 1.37. The molecule has 0 radical (unpaired) electrons. The minimum Gasteiger partial charge on any atom is -0.368 e. The second-order valence-electron chi connectivity index (χ2n) is 7.19. The number of benzene rings is 1. The number of alkyl halides is 1. The van der Waals surface area contributed by atoms with E-state index >= 15 is 0 Å². The van der Waals surface area contributed by atoms with Crippen molar-refractivity contribution in [3.05, 3.63) is 35.9 Å². The molecule has 2 aliphatic rings. The van der Waals surface area contributed by atoms with Crippen molar-refractivity contribution in [3.63, 3.8) is 0 Å². The number of carbonyl (C=O) groups is 2. The number of halogens is 1. The van der Waals surface area contributed by atoms with E-state index in [0.29, 0.717) is 5.92 Å². The number of carbonyl (C=O) groups excluding carboxylic acids is 2. The van der Waals surface area contributed by atoms with E-state index in [9.17, 15) is 14.0 Å². The summed E-state index contributed by atoms with van der Waals surface area (Å²) in [5.74, 6) is 0.0138.